The highest BCUT2D eigenvalue weighted by molar-refractivity contribution is 5.89. The number of nitrogens with zero attached hydrogens (tertiary/aromatic N) is 4. The van der Waals surface area contributed by atoms with Crippen molar-refractivity contribution in [1.82, 2.24) is 19.4 Å². The molecule has 30 heavy (non-hydrogen) atoms. The Labute approximate surface area is 175 Å². The van der Waals surface area contributed by atoms with Gasteiger partial charge in [0.05, 0.1) is 11.4 Å². The fraction of sp³-hybridized carbons (Fsp3) is 0.364. The molecule has 0 spiro atoms. The Hall–Kier alpha value is -3.26. The summed E-state index contributed by atoms with van der Waals surface area (Å²) in [6.45, 7) is 2.08. The first-order valence-electron chi connectivity index (χ1n) is 10.3. The minimum Gasteiger partial charge on any atom is -0.357 e. The van der Waals surface area contributed by atoms with Crippen molar-refractivity contribution >= 4 is 17.3 Å². The van der Waals surface area contributed by atoms with Gasteiger partial charge in [0.1, 0.15) is 5.82 Å². The quantitative estimate of drug-likeness (QED) is 0.622. The number of hydrogen-bond donors (Lipinski definition) is 3. The van der Waals surface area contributed by atoms with Crippen LogP contribution in [0.3, 0.4) is 0 Å². The maximum absolute atomic E-state index is 12.0. The Morgan fingerprint density at radius 1 is 1.07 bits per heavy atom. The predicted octanol–water partition coefficient (Wildman–Crippen LogP) is 2.73. The average molecular weight is 406 g/mol. The molecule has 0 atom stereocenters. The smallest absolute Gasteiger partial charge is 0.327 e. The van der Waals surface area contributed by atoms with E-state index in [2.05, 4.69) is 64.0 Å². The van der Waals surface area contributed by atoms with Gasteiger partial charge in [-0.15, -0.1) is 0 Å². The molecule has 0 aliphatic carbocycles. The van der Waals surface area contributed by atoms with E-state index < -0.39 is 0 Å². The van der Waals surface area contributed by atoms with Gasteiger partial charge in [0.2, 0.25) is 0 Å². The van der Waals surface area contributed by atoms with Crippen LogP contribution < -0.4 is 21.4 Å². The van der Waals surface area contributed by atoms with E-state index in [-0.39, 0.29) is 5.69 Å². The van der Waals surface area contributed by atoms with Gasteiger partial charge in [-0.2, -0.15) is 0 Å². The summed E-state index contributed by atoms with van der Waals surface area (Å²) < 4.78 is 1.56. The van der Waals surface area contributed by atoms with Crippen LogP contribution >= 0.6 is 0 Å². The largest absolute Gasteiger partial charge is 0.357 e. The number of rotatable bonds is 3. The molecule has 5 rings (SSSR count). The van der Waals surface area contributed by atoms with Crippen LogP contribution in [0.15, 0.2) is 41.3 Å². The number of imidazole rings is 1. The number of hydrogen-bond acceptors (Lipinski definition) is 6. The summed E-state index contributed by atoms with van der Waals surface area (Å²) in [7, 11) is 6.06. The maximum Gasteiger partial charge on any atom is 0.327 e. The van der Waals surface area contributed by atoms with Crippen LogP contribution in [0.4, 0.5) is 17.3 Å². The number of aromatic amines is 1. The molecule has 0 saturated carbocycles. The lowest BCUT2D eigenvalue weighted by atomic mass is 10.0. The van der Waals surface area contributed by atoms with E-state index in [1.807, 2.05) is 12.3 Å². The van der Waals surface area contributed by atoms with Gasteiger partial charge in [-0.3, -0.25) is 15.4 Å². The first-order chi connectivity index (χ1) is 14.5. The molecule has 1 saturated heterocycles. The van der Waals surface area contributed by atoms with Crippen LogP contribution in [0.2, 0.25) is 0 Å². The molecule has 2 aliphatic heterocycles. The third-order valence-electron chi connectivity index (χ3n) is 6.31. The fourth-order valence-electron chi connectivity index (χ4n) is 4.38. The number of anilines is 3. The first-order valence-corrected chi connectivity index (χ1v) is 10.3. The summed E-state index contributed by atoms with van der Waals surface area (Å²) in [4.78, 5) is 24.4. The second-order valence-electron chi connectivity index (χ2n) is 8.31. The van der Waals surface area contributed by atoms with Gasteiger partial charge < -0.3 is 14.8 Å². The second-order valence-corrected chi connectivity index (χ2v) is 8.31. The molecule has 156 valence electrons. The molecule has 8 heteroatoms. The Bertz CT molecular complexity index is 1120. The third kappa shape index (κ3) is 3.13. The van der Waals surface area contributed by atoms with E-state index in [9.17, 15) is 4.79 Å². The summed E-state index contributed by atoms with van der Waals surface area (Å²) in [6, 6.07) is 11.1. The van der Waals surface area contributed by atoms with Crippen LogP contribution in [0.1, 0.15) is 12.8 Å². The molecule has 8 nitrogen and oxygen atoms in total. The number of benzene rings is 1. The lowest BCUT2D eigenvalue weighted by molar-refractivity contribution is 0.249. The lowest BCUT2D eigenvalue weighted by Crippen LogP contribution is -2.42. The molecule has 2 aliphatic rings. The number of piperidine rings is 1. The molecule has 3 aromatic rings. The standard InChI is InChI=1S/C22H27N7O/c1-27(2)16-8-10-29(11-9-16)19-7-5-15(13-23-19)14-4-6-18-17(12-14)20-21(26-25-18)28(3)22(30)24-20/h4-7,12-13,16,25-26H,8-11H2,1-3H3,(H,24,30). The highest BCUT2D eigenvalue weighted by Gasteiger charge is 2.23. The third-order valence-corrected chi connectivity index (χ3v) is 6.31. The Balaban J connectivity index is 1.40. The predicted molar refractivity (Wildman–Crippen MR) is 121 cm³/mol. The zero-order valence-corrected chi connectivity index (χ0v) is 17.6. The van der Waals surface area contributed by atoms with Crippen molar-refractivity contribution in [2.75, 3.05) is 42.9 Å². The molecule has 0 unspecified atom stereocenters. The number of fused-ring (bicyclic) bond motifs is 3. The van der Waals surface area contributed by atoms with E-state index >= 15 is 0 Å². The number of aromatic nitrogens is 3. The molecule has 0 bridgehead atoms. The van der Waals surface area contributed by atoms with Gasteiger partial charge >= 0.3 is 5.69 Å². The zero-order valence-electron chi connectivity index (χ0n) is 17.6. The zero-order chi connectivity index (χ0) is 20.8. The van der Waals surface area contributed by atoms with Crippen molar-refractivity contribution in [2.24, 2.45) is 7.05 Å². The van der Waals surface area contributed by atoms with Gasteiger partial charge in [-0.05, 0) is 56.8 Å². The molecule has 2 aromatic heterocycles. The van der Waals surface area contributed by atoms with Crippen molar-refractivity contribution in [2.45, 2.75) is 18.9 Å². The highest BCUT2D eigenvalue weighted by Crippen LogP contribution is 2.38. The summed E-state index contributed by atoms with van der Waals surface area (Å²) >= 11 is 0. The molecular weight excluding hydrogens is 378 g/mol. The van der Waals surface area contributed by atoms with Gasteiger partial charge in [0.25, 0.3) is 0 Å². The number of hydrazine groups is 1. The minimum atomic E-state index is -0.142. The van der Waals surface area contributed by atoms with Gasteiger partial charge in [0, 0.05) is 43.5 Å². The van der Waals surface area contributed by atoms with Crippen LogP contribution in [0.25, 0.3) is 22.4 Å². The molecule has 1 aromatic carbocycles. The second kappa shape index (κ2) is 7.21. The van der Waals surface area contributed by atoms with Crippen molar-refractivity contribution in [3.63, 3.8) is 0 Å². The molecule has 3 N–H and O–H groups in total. The van der Waals surface area contributed by atoms with E-state index in [0.29, 0.717) is 6.04 Å². The SMILES string of the molecule is CN(C)C1CCN(c2ccc(-c3ccc4c(c3)-c3[nH]c(=O)n(C)c3NN4)cn2)CC1. The first kappa shape index (κ1) is 18.7. The number of pyridine rings is 1. The van der Waals surface area contributed by atoms with Gasteiger partial charge in [-0.1, -0.05) is 6.07 Å². The van der Waals surface area contributed by atoms with Crippen LogP contribution in [-0.4, -0.2) is 52.7 Å². The molecule has 4 heterocycles. The van der Waals surface area contributed by atoms with E-state index in [1.165, 1.54) is 12.8 Å². The minimum absolute atomic E-state index is 0.142. The fourth-order valence-corrected chi connectivity index (χ4v) is 4.38. The summed E-state index contributed by atoms with van der Waals surface area (Å²) in [5.41, 5.74) is 10.9. The molecule has 0 radical (unpaired) electrons. The summed E-state index contributed by atoms with van der Waals surface area (Å²) in [5.74, 6) is 1.77. The topological polar surface area (TPSA) is 81.2 Å². The van der Waals surface area contributed by atoms with Crippen molar-refractivity contribution in [1.29, 1.82) is 0 Å². The number of H-pyrrole nitrogens is 1. The Morgan fingerprint density at radius 2 is 1.83 bits per heavy atom. The Morgan fingerprint density at radius 3 is 2.53 bits per heavy atom. The molecule has 1 fully saturated rings. The lowest BCUT2D eigenvalue weighted by Gasteiger charge is -2.35. The van der Waals surface area contributed by atoms with Crippen LogP contribution in [-0.2, 0) is 7.05 Å². The van der Waals surface area contributed by atoms with Gasteiger partial charge in [-0.25, -0.2) is 9.78 Å². The summed E-state index contributed by atoms with van der Waals surface area (Å²) in [5, 5.41) is 0. The Kier molecular flexibility index (Phi) is 4.51. The monoisotopic (exact) mass is 405 g/mol. The van der Waals surface area contributed by atoms with E-state index in [0.717, 1.165) is 52.8 Å². The number of nitrogens with one attached hydrogen (secondary N) is 3. The van der Waals surface area contributed by atoms with E-state index in [4.69, 9.17) is 4.98 Å². The highest BCUT2D eigenvalue weighted by atomic mass is 16.1. The van der Waals surface area contributed by atoms with Crippen LogP contribution in [0, 0.1) is 0 Å². The van der Waals surface area contributed by atoms with Crippen molar-refractivity contribution < 1.29 is 0 Å². The maximum atomic E-state index is 12.0. The van der Waals surface area contributed by atoms with Crippen molar-refractivity contribution in [3.8, 4) is 22.4 Å². The summed E-state index contributed by atoms with van der Waals surface area (Å²) in [6.07, 6.45) is 4.28. The normalized spacial score (nSPS) is 16.1. The molecular formula is C22H27N7O. The molecule has 0 amide bonds. The van der Waals surface area contributed by atoms with Crippen LogP contribution in [0.5, 0.6) is 0 Å². The average Bonchev–Trinajstić information content (AvgIpc) is 3.08. The van der Waals surface area contributed by atoms with Crippen molar-refractivity contribution in [3.05, 3.63) is 47.0 Å². The van der Waals surface area contributed by atoms with E-state index in [1.54, 1.807) is 11.6 Å². The van der Waals surface area contributed by atoms with Gasteiger partial charge in [0.15, 0.2) is 5.82 Å².